The number of nitrogens with zero attached hydrogens (tertiary/aromatic N) is 3. The first-order chi connectivity index (χ1) is 11.7. The number of hydrogen-bond donors (Lipinski definition) is 2. The van der Waals surface area contributed by atoms with E-state index in [-0.39, 0.29) is 12.1 Å². The molecule has 1 aliphatic rings. The van der Waals surface area contributed by atoms with Gasteiger partial charge in [0.05, 0.1) is 6.33 Å². The van der Waals surface area contributed by atoms with Crippen molar-refractivity contribution in [2.75, 3.05) is 19.6 Å². The summed E-state index contributed by atoms with van der Waals surface area (Å²) in [6, 6.07) is 8.54. The number of imidazole rings is 1. The highest BCUT2D eigenvalue weighted by molar-refractivity contribution is 5.74. The van der Waals surface area contributed by atoms with Crippen LogP contribution in [0.15, 0.2) is 43.0 Å². The van der Waals surface area contributed by atoms with Gasteiger partial charge in [-0.05, 0) is 24.5 Å². The fourth-order valence-corrected chi connectivity index (χ4v) is 3.10. The summed E-state index contributed by atoms with van der Waals surface area (Å²) in [4.78, 5) is 18.3. The number of urea groups is 1. The highest BCUT2D eigenvalue weighted by Crippen LogP contribution is 2.17. The molecule has 0 spiro atoms. The van der Waals surface area contributed by atoms with E-state index < -0.39 is 0 Å². The minimum Gasteiger partial charge on any atom is -0.337 e. The molecule has 0 bridgehead atoms. The summed E-state index contributed by atoms with van der Waals surface area (Å²) in [5.74, 6) is 0. The molecule has 1 aromatic heterocycles. The molecule has 0 saturated carbocycles. The van der Waals surface area contributed by atoms with Gasteiger partial charge in [0.25, 0.3) is 0 Å². The van der Waals surface area contributed by atoms with Crippen molar-refractivity contribution >= 4 is 6.03 Å². The van der Waals surface area contributed by atoms with Crippen LogP contribution in [0.5, 0.6) is 0 Å². The SMILES string of the molecule is C[C@H](Cn1ccnc1)NC(=O)NCCN1CCc2ccccc2C1. The van der Waals surface area contributed by atoms with Crippen LogP contribution in [0, 0.1) is 0 Å². The van der Waals surface area contributed by atoms with E-state index in [0.29, 0.717) is 6.54 Å². The average molecular weight is 327 g/mol. The molecule has 128 valence electrons. The topological polar surface area (TPSA) is 62.2 Å². The van der Waals surface area contributed by atoms with Gasteiger partial charge in [0, 0.05) is 51.2 Å². The van der Waals surface area contributed by atoms with Crippen molar-refractivity contribution in [1.82, 2.24) is 25.1 Å². The van der Waals surface area contributed by atoms with Gasteiger partial charge >= 0.3 is 6.03 Å². The predicted molar refractivity (Wildman–Crippen MR) is 93.6 cm³/mol. The molecule has 2 N–H and O–H groups in total. The number of carbonyl (C=O) groups excluding carboxylic acids is 1. The second kappa shape index (κ2) is 7.97. The van der Waals surface area contributed by atoms with Crippen molar-refractivity contribution < 1.29 is 4.79 Å². The number of amides is 2. The third-order valence-electron chi connectivity index (χ3n) is 4.34. The van der Waals surface area contributed by atoms with E-state index in [1.165, 1.54) is 11.1 Å². The summed E-state index contributed by atoms with van der Waals surface area (Å²) in [5, 5.41) is 5.90. The highest BCUT2D eigenvalue weighted by Gasteiger charge is 2.15. The van der Waals surface area contributed by atoms with Gasteiger partial charge in [-0.15, -0.1) is 0 Å². The van der Waals surface area contributed by atoms with E-state index in [0.717, 1.165) is 32.6 Å². The van der Waals surface area contributed by atoms with Crippen molar-refractivity contribution in [2.24, 2.45) is 0 Å². The fourth-order valence-electron chi connectivity index (χ4n) is 3.10. The Morgan fingerprint density at radius 1 is 1.33 bits per heavy atom. The molecule has 1 aromatic carbocycles. The zero-order valence-corrected chi connectivity index (χ0v) is 14.1. The lowest BCUT2D eigenvalue weighted by atomic mass is 10.00. The Balaban J connectivity index is 1.35. The Kier molecular flexibility index (Phi) is 5.48. The van der Waals surface area contributed by atoms with E-state index >= 15 is 0 Å². The molecule has 0 aliphatic carbocycles. The standard InChI is InChI=1S/C18H25N5O/c1-15(12-23-10-7-19-14-23)21-18(24)20-8-11-22-9-6-16-4-2-3-5-17(16)13-22/h2-5,7,10,14-15H,6,8-9,11-13H2,1H3,(H2,20,21,24)/t15-/m1/s1. The largest absolute Gasteiger partial charge is 0.337 e. The molecule has 6 nitrogen and oxygen atoms in total. The quantitative estimate of drug-likeness (QED) is 0.848. The van der Waals surface area contributed by atoms with Crippen molar-refractivity contribution in [2.45, 2.75) is 32.5 Å². The van der Waals surface area contributed by atoms with Crippen LogP contribution in [0.25, 0.3) is 0 Å². The fraction of sp³-hybridized carbons (Fsp3) is 0.444. The number of hydrogen-bond acceptors (Lipinski definition) is 3. The average Bonchev–Trinajstić information content (AvgIpc) is 3.07. The van der Waals surface area contributed by atoms with Crippen molar-refractivity contribution in [3.63, 3.8) is 0 Å². The minimum atomic E-state index is -0.111. The predicted octanol–water partition coefficient (Wildman–Crippen LogP) is 1.63. The Labute approximate surface area is 142 Å². The number of aromatic nitrogens is 2. The van der Waals surface area contributed by atoms with Gasteiger partial charge in [0.2, 0.25) is 0 Å². The van der Waals surface area contributed by atoms with Crippen molar-refractivity contribution in [3.8, 4) is 0 Å². The molecule has 6 heteroatoms. The molecule has 2 heterocycles. The first-order valence-corrected chi connectivity index (χ1v) is 8.50. The van der Waals surface area contributed by atoms with Crippen LogP contribution in [0.4, 0.5) is 4.79 Å². The second-order valence-electron chi connectivity index (χ2n) is 6.36. The van der Waals surface area contributed by atoms with Crippen LogP contribution in [0.3, 0.4) is 0 Å². The van der Waals surface area contributed by atoms with Gasteiger partial charge < -0.3 is 15.2 Å². The summed E-state index contributed by atoms with van der Waals surface area (Å²) >= 11 is 0. The normalized spacial score (nSPS) is 15.5. The van der Waals surface area contributed by atoms with Crippen molar-refractivity contribution in [1.29, 1.82) is 0 Å². The van der Waals surface area contributed by atoms with Gasteiger partial charge in [-0.1, -0.05) is 24.3 Å². The van der Waals surface area contributed by atoms with Gasteiger partial charge in [-0.2, -0.15) is 0 Å². The maximum Gasteiger partial charge on any atom is 0.315 e. The number of benzene rings is 1. The van der Waals surface area contributed by atoms with Crippen LogP contribution in [0.2, 0.25) is 0 Å². The molecule has 0 fully saturated rings. The summed E-state index contributed by atoms with van der Waals surface area (Å²) in [7, 11) is 0. The third-order valence-corrected chi connectivity index (χ3v) is 4.34. The summed E-state index contributed by atoms with van der Waals surface area (Å²) < 4.78 is 1.95. The van der Waals surface area contributed by atoms with Gasteiger partial charge in [-0.25, -0.2) is 9.78 Å². The lowest BCUT2D eigenvalue weighted by Crippen LogP contribution is -2.45. The molecule has 24 heavy (non-hydrogen) atoms. The second-order valence-corrected chi connectivity index (χ2v) is 6.36. The smallest absolute Gasteiger partial charge is 0.315 e. The molecular weight excluding hydrogens is 302 g/mol. The van der Waals surface area contributed by atoms with Crippen LogP contribution in [0.1, 0.15) is 18.1 Å². The number of rotatable bonds is 6. The van der Waals surface area contributed by atoms with E-state index in [4.69, 9.17) is 0 Å². The molecule has 0 unspecified atom stereocenters. The Morgan fingerprint density at radius 2 is 2.17 bits per heavy atom. The summed E-state index contributed by atoms with van der Waals surface area (Å²) in [6.07, 6.45) is 6.47. The molecule has 3 rings (SSSR count). The minimum absolute atomic E-state index is 0.0565. The Morgan fingerprint density at radius 3 is 2.96 bits per heavy atom. The number of carbonyl (C=O) groups is 1. The molecule has 0 saturated heterocycles. The van der Waals surface area contributed by atoms with E-state index in [1.54, 1.807) is 12.5 Å². The van der Waals surface area contributed by atoms with Crippen LogP contribution >= 0.6 is 0 Å². The molecular formula is C18H25N5O. The third kappa shape index (κ3) is 4.58. The van der Waals surface area contributed by atoms with Gasteiger partial charge in [-0.3, -0.25) is 4.90 Å². The zero-order valence-electron chi connectivity index (χ0n) is 14.1. The first kappa shape index (κ1) is 16.5. The van der Waals surface area contributed by atoms with Crippen LogP contribution in [-0.4, -0.2) is 46.2 Å². The van der Waals surface area contributed by atoms with Crippen LogP contribution in [-0.2, 0) is 19.5 Å². The monoisotopic (exact) mass is 327 g/mol. The molecule has 1 aliphatic heterocycles. The van der Waals surface area contributed by atoms with E-state index in [2.05, 4.69) is 44.8 Å². The van der Waals surface area contributed by atoms with E-state index in [1.807, 2.05) is 17.7 Å². The lowest BCUT2D eigenvalue weighted by molar-refractivity contribution is 0.227. The first-order valence-electron chi connectivity index (χ1n) is 8.50. The number of fused-ring (bicyclic) bond motifs is 1. The molecule has 1 atom stereocenters. The van der Waals surface area contributed by atoms with E-state index in [9.17, 15) is 4.79 Å². The maximum atomic E-state index is 12.0. The number of nitrogens with one attached hydrogen (secondary N) is 2. The summed E-state index contributed by atoms with van der Waals surface area (Å²) in [5.41, 5.74) is 2.86. The lowest BCUT2D eigenvalue weighted by Gasteiger charge is -2.28. The maximum absolute atomic E-state index is 12.0. The summed E-state index contributed by atoms with van der Waals surface area (Å²) in [6.45, 7) is 6.26. The molecule has 2 amide bonds. The Bertz CT molecular complexity index is 655. The highest BCUT2D eigenvalue weighted by atomic mass is 16.2. The van der Waals surface area contributed by atoms with Crippen LogP contribution < -0.4 is 10.6 Å². The van der Waals surface area contributed by atoms with Crippen molar-refractivity contribution in [3.05, 3.63) is 54.1 Å². The molecule has 2 aromatic rings. The van der Waals surface area contributed by atoms with Gasteiger partial charge in [0.15, 0.2) is 0 Å². The Hall–Kier alpha value is -2.34. The molecule has 0 radical (unpaired) electrons. The zero-order chi connectivity index (χ0) is 16.8. The van der Waals surface area contributed by atoms with Gasteiger partial charge in [0.1, 0.15) is 0 Å².